The van der Waals surface area contributed by atoms with Crippen molar-refractivity contribution in [3.05, 3.63) is 12.2 Å². The van der Waals surface area contributed by atoms with E-state index in [1.165, 1.54) is 70.3 Å². The average Bonchev–Trinajstić information content (AvgIpc) is 2.53. The molecular formula is C20H37NaO4. The number of rotatable bonds is 17. The van der Waals surface area contributed by atoms with E-state index in [0.717, 1.165) is 19.3 Å². The molecular weight excluding hydrogens is 327 g/mol. The number of allylic oxidation sites excluding steroid dienone is 1. The third-order valence-corrected chi connectivity index (χ3v) is 4.30. The Kier molecular flexibility index (Phi) is 21.5. The van der Waals surface area contributed by atoms with Crippen LogP contribution in [0.5, 0.6) is 0 Å². The van der Waals surface area contributed by atoms with E-state index >= 15 is 0 Å². The first-order chi connectivity index (χ1) is 11.6. The number of carboxylic acids is 2. The molecule has 5 heteroatoms. The van der Waals surface area contributed by atoms with Gasteiger partial charge < -0.3 is 10.2 Å². The van der Waals surface area contributed by atoms with Crippen LogP contribution in [0.3, 0.4) is 0 Å². The van der Waals surface area contributed by atoms with Gasteiger partial charge in [0.2, 0.25) is 0 Å². The Morgan fingerprint density at radius 1 is 0.800 bits per heavy atom. The topological polar surface area (TPSA) is 74.6 Å². The molecule has 0 fully saturated rings. The van der Waals surface area contributed by atoms with Gasteiger partial charge in [-0.25, -0.2) is 0 Å². The van der Waals surface area contributed by atoms with Crippen molar-refractivity contribution < 1.29 is 19.8 Å². The zero-order valence-corrected chi connectivity index (χ0v) is 15.3. The van der Waals surface area contributed by atoms with Gasteiger partial charge in [0, 0.05) is 0 Å². The number of carboxylic acid groups (broad SMARTS) is 2. The Morgan fingerprint density at radius 2 is 1.24 bits per heavy atom. The van der Waals surface area contributed by atoms with Crippen molar-refractivity contribution in [1.29, 1.82) is 0 Å². The van der Waals surface area contributed by atoms with Crippen LogP contribution in [0.4, 0.5) is 0 Å². The molecule has 0 saturated heterocycles. The molecule has 25 heavy (non-hydrogen) atoms. The molecule has 2 N–H and O–H groups in total. The van der Waals surface area contributed by atoms with Gasteiger partial charge >= 0.3 is 41.5 Å². The number of hydrogen-bond acceptors (Lipinski definition) is 2. The van der Waals surface area contributed by atoms with Crippen molar-refractivity contribution >= 4 is 41.5 Å². The summed E-state index contributed by atoms with van der Waals surface area (Å²) in [5.74, 6) is -3.04. The van der Waals surface area contributed by atoms with Crippen LogP contribution < -0.4 is 0 Å². The van der Waals surface area contributed by atoms with E-state index in [-0.39, 0.29) is 36.0 Å². The molecule has 1 unspecified atom stereocenters. The first-order valence-electron chi connectivity index (χ1n) is 9.69. The van der Waals surface area contributed by atoms with Crippen LogP contribution in [-0.2, 0) is 9.59 Å². The van der Waals surface area contributed by atoms with Crippen molar-refractivity contribution in [2.24, 2.45) is 5.92 Å². The van der Waals surface area contributed by atoms with E-state index in [0.29, 0.717) is 0 Å². The van der Waals surface area contributed by atoms with E-state index < -0.39 is 17.9 Å². The van der Waals surface area contributed by atoms with Crippen LogP contribution >= 0.6 is 0 Å². The summed E-state index contributed by atoms with van der Waals surface area (Å²) in [7, 11) is 0. The summed E-state index contributed by atoms with van der Waals surface area (Å²) >= 11 is 0. The van der Waals surface area contributed by atoms with E-state index in [9.17, 15) is 9.59 Å². The fraction of sp³-hybridized carbons (Fsp3) is 0.800. The van der Waals surface area contributed by atoms with Gasteiger partial charge in [-0.3, -0.25) is 9.59 Å². The minimum absolute atomic E-state index is 0. The Labute approximate surface area is 175 Å². The summed E-state index contributed by atoms with van der Waals surface area (Å²) in [5, 5.41) is 17.6. The second-order valence-electron chi connectivity index (χ2n) is 6.65. The van der Waals surface area contributed by atoms with Gasteiger partial charge in [0.05, 0.1) is 12.3 Å². The Balaban J connectivity index is 0. The van der Waals surface area contributed by atoms with Crippen LogP contribution in [0.1, 0.15) is 96.8 Å². The summed E-state index contributed by atoms with van der Waals surface area (Å²) < 4.78 is 0. The summed E-state index contributed by atoms with van der Waals surface area (Å²) in [6, 6.07) is 0. The first kappa shape index (κ1) is 26.9. The van der Waals surface area contributed by atoms with Crippen LogP contribution in [0.15, 0.2) is 12.2 Å². The molecule has 0 radical (unpaired) electrons. The molecule has 0 aliphatic carbocycles. The van der Waals surface area contributed by atoms with Gasteiger partial charge in [0.15, 0.2) is 0 Å². The molecule has 0 heterocycles. The molecule has 0 aromatic carbocycles. The second kappa shape index (κ2) is 20.0. The van der Waals surface area contributed by atoms with Gasteiger partial charge in [-0.05, 0) is 12.8 Å². The minimum atomic E-state index is -1.07. The predicted molar refractivity (Wildman–Crippen MR) is 105 cm³/mol. The molecule has 4 nitrogen and oxygen atoms in total. The van der Waals surface area contributed by atoms with Crippen molar-refractivity contribution in [3.8, 4) is 0 Å². The quantitative estimate of drug-likeness (QED) is 0.212. The molecule has 142 valence electrons. The molecule has 0 aliphatic heterocycles. The molecule has 0 bridgehead atoms. The van der Waals surface area contributed by atoms with E-state index in [1.54, 1.807) is 0 Å². The Morgan fingerprint density at radius 3 is 1.64 bits per heavy atom. The van der Waals surface area contributed by atoms with Crippen molar-refractivity contribution in [2.45, 2.75) is 96.8 Å². The molecule has 0 rings (SSSR count). The van der Waals surface area contributed by atoms with Crippen LogP contribution in [0.2, 0.25) is 0 Å². The van der Waals surface area contributed by atoms with Gasteiger partial charge in [0.1, 0.15) is 0 Å². The zero-order valence-electron chi connectivity index (χ0n) is 15.3. The van der Waals surface area contributed by atoms with Crippen LogP contribution in [0.25, 0.3) is 0 Å². The molecule has 0 aromatic heterocycles. The summed E-state index contributed by atoms with van der Waals surface area (Å²) in [6.45, 7) is 2.25. The van der Waals surface area contributed by atoms with Gasteiger partial charge in [-0.2, -0.15) is 0 Å². The Bertz CT molecular complexity index is 356. The van der Waals surface area contributed by atoms with Gasteiger partial charge in [0.25, 0.3) is 0 Å². The predicted octanol–water partition coefficient (Wildman–Crippen LogP) is 5.16. The fourth-order valence-electron chi connectivity index (χ4n) is 2.79. The monoisotopic (exact) mass is 364 g/mol. The molecule has 1 atom stereocenters. The molecule has 0 aliphatic rings. The van der Waals surface area contributed by atoms with Gasteiger partial charge in [-0.15, -0.1) is 0 Å². The Hall–Kier alpha value is -0.320. The SMILES string of the molecule is CCCCCCCCCCCCCCC=CC(CC(=O)O)C(=O)O.[NaH]. The van der Waals surface area contributed by atoms with Crippen molar-refractivity contribution in [2.75, 3.05) is 0 Å². The molecule has 0 amide bonds. The van der Waals surface area contributed by atoms with E-state index in [1.807, 2.05) is 6.08 Å². The van der Waals surface area contributed by atoms with Crippen LogP contribution in [-0.4, -0.2) is 51.7 Å². The molecule has 0 spiro atoms. The average molecular weight is 365 g/mol. The fourth-order valence-corrected chi connectivity index (χ4v) is 2.79. The third kappa shape index (κ3) is 19.8. The summed E-state index contributed by atoms with van der Waals surface area (Å²) in [6.07, 6.45) is 19.4. The zero-order chi connectivity index (χ0) is 18.0. The number of unbranched alkanes of at least 4 members (excludes halogenated alkanes) is 12. The van der Waals surface area contributed by atoms with E-state index in [4.69, 9.17) is 10.2 Å². The number of carbonyl (C=O) groups is 2. The second-order valence-corrected chi connectivity index (χ2v) is 6.65. The number of aliphatic carboxylic acids is 2. The standard InChI is InChI=1S/C20H36O4.Na.H/c1-2-3-4-5-6-7-8-9-10-11-12-13-14-15-16-18(20(23)24)17-19(21)22;;/h15-16,18H,2-14,17H2,1H3,(H,21,22)(H,23,24);;. The normalized spacial score (nSPS) is 12.0. The van der Waals surface area contributed by atoms with Gasteiger partial charge in [-0.1, -0.05) is 89.7 Å². The number of hydrogen-bond donors (Lipinski definition) is 2. The molecule has 0 aromatic rings. The summed E-state index contributed by atoms with van der Waals surface area (Å²) in [4.78, 5) is 21.5. The third-order valence-electron chi connectivity index (χ3n) is 4.30. The van der Waals surface area contributed by atoms with Crippen LogP contribution in [0, 0.1) is 5.92 Å². The first-order valence-corrected chi connectivity index (χ1v) is 9.69. The maximum absolute atomic E-state index is 10.9. The summed E-state index contributed by atoms with van der Waals surface area (Å²) in [5.41, 5.74) is 0. The van der Waals surface area contributed by atoms with Crippen molar-refractivity contribution in [1.82, 2.24) is 0 Å². The van der Waals surface area contributed by atoms with Crippen molar-refractivity contribution in [3.63, 3.8) is 0 Å². The molecule has 0 saturated carbocycles. The van der Waals surface area contributed by atoms with E-state index in [2.05, 4.69) is 6.92 Å². The maximum atomic E-state index is 10.9.